The first-order valence-electron chi connectivity index (χ1n) is 7.12. The van der Waals surface area contributed by atoms with Crippen LogP contribution in [0.3, 0.4) is 0 Å². The smallest absolute Gasteiger partial charge is 0.323 e. The first kappa shape index (κ1) is 13.8. The first-order valence-corrected chi connectivity index (χ1v) is 7.12. The molecule has 0 radical (unpaired) electrons. The van der Waals surface area contributed by atoms with E-state index in [-0.39, 0.29) is 17.9 Å². The van der Waals surface area contributed by atoms with Crippen molar-refractivity contribution in [3.63, 3.8) is 0 Å². The zero-order valence-electron chi connectivity index (χ0n) is 12.0. The average molecular weight is 254 g/mol. The van der Waals surface area contributed by atoms with Crippen molar-refractivity contribution in [1.29, 1.82) is 0 Å². The summed E-state index contributed by atoms with van der Waals surface area (Å²) < 4.78 is 4.88. The number of carbonyl (C=O) groups is 1. The number of ether oxygens (including phenoxy) is 1. The molecule has 104 valence electrons. The molecule has 0 spiro atoms. The summed E-state index contributed by atoms with van der Waals surface area (Å²) in [4.78, 5) is 14.3. The van der Waals surface area contributed by atoms with Crippen molar-refractivity contribution in [3.05, 3.63) is 0 Å². The summed E-state index contributed by atoms with van der Waals surface area (Å²) >= 11 is 0. The van der Waals surface area contributed by atoms with Crippen LogP contribution in [0.5, 0.6) is 0 Å². The second kappa shape index (κ2) is 5.57. The lowest BCUT2D eigenvalue weighted by molar-refractivity contribution is -0.144. The number of rotatable bonds is 5. The highest BCUT2D eigenvalue weighted by atomic mass is 16.5. The van der Waals surface area contributed by atoms with Crippen LogP contribution >= 0.6 is 0 Å². The maximum absolute atomic E-state index is 11.8. The van der Waals surface area contributed by atoms with Crippen LogP contribution in [0, 0.1) is 5.92 Å². The largest absolute Gasteiger partial charge is 0.468 e. The van der Waals surface area contributed by atoms with Crippen LogP contribution < -0.4 is 5.32 Å². The van der Waals surface area contributed by atoms with Crippen molar-refractivity contribution in [1.82, 2.24) is 10.2 Å². The molecule has 0 aromatic heterocycles. The fourth-order valence-electron chi connectivity index (χ4n) is 3.01. The van der Waals surface area contributed by atoms with E-state index >= 15 is 0 Å². The summed E-state index contributed by atoms with van der Waals surface area (Å²) in [5.41, 5.74) is 0. The monoisotopic (exact) mass is 254 g/mol. The van der Waals surface area contributed by atoms with Crippen LogP contribution in [0.15, 0.2) is 0 Å². The average Bonchev–Trinajstić information content (AvgIpc) is 3.09. The Hall–Kier alpha value is -0.610. The van der Waals surface area contributed by atoms with Gasteiger partial charge in [0.2, 0.25) is 0 Å². The number of likely N-dealkylation sites (tertiary alicyclic amines) is 1. The predicted molar refractivity (Wildman–Crippen MR) is 71.4 cm³/mol. The quantitative estimate of drug-likeness (QED) is 0.753. The fraction of sp³-hybridized carbons (Fsp3) is 0.929. The van der Waals surface area contributed by atoms with Crippen LogP contribution in [0.4, 0.5) is 0 Å². The molecule has 3 atom stereocenters. The normalized spacial score (nSPS) is 30.7. The molecule has 1 saturated carbocycles. The Kier molecular flexibility index (Phi) is 4.28. The number of nitrogens with one attached hydrogen (secondary N) is 1. The van der Waals surface area contributed by atoms with Crippen LogP contribution in [0.2, 0.25) is 0 Å². The van der Waals surface area contributed by atoms with Crippen LogP contribution in [-0.2, 0) is 9.53 Å². The Bertz CT molecular complexity index is 302. The third-order valence-electron chi connectivity index (χ3n) is 4.18. The van der Waals surface area contributed by atoms with E-state index < -0.39 is 0 Å². The molecule has 1 aliphatic heterocycles. The van der Waals surface area contributed by atoms with Gasteiger partial charge in [0, 0.05) is 24.7 Å². The van der Waals surface area contributed by atoms with Gasteiger partial charge in [-0.2, -0.15) is 0 Å². The number of hydrogen-bond acceptors (Lipinski definition) is 4. The minimum atomic E-state index is -0.175. The van der Waals surface area contributed by atoms with Gasteiger partial charge < -0.3 is 10.1 Å². The van der Waals surface area contributed by atoms with Gasteiger partial charge >= 0.3 is 5.97 Å². The lowest BCUT2D eigenvalue weighted by atomic mass is 10.0. The molecule has 1 N–H and O–H groups in total. The van der Waals surface area contributed by atoms with Gasteiger partial charge in [0.1, 0.15) is 6.04 Å². The van der Waals surface area contributed by atoms with Crippen molar-refractivity contribution in [2.75, 3.05) is 13.7 Å². The third kappa shape index (κ3) is 3.04. The molecule has 1 aliphatic carbocycles. The summed E-state index contributed by atoms with van der Waals surface area (Å²) in [7, 11) is 1.47. The molecule has 0 aromatic carbocycles. The van der Waals surface area contributed by atoms with Gasteiger partial charge in [0.05, 0.1) is 7.11 Å². The van der Waals surface area contributed by atoms with Crippen LogP contribution in [0.1, 0.15) is 40.0 Å². The number of methoxy groups -OCH3 is 1. The van der Waals surface area contributed by atoms with Gasteiger partial charge in [0.25, 0.3) is 0 Å². The molecule has 2 fully saturated rings. The Labute approximate surface area is 110 Å². The zero-order chi connectivity index (χ0) is 13.3. The van der Waals surface area contributed by atoms with E-state index in [1.165, 1.54) is 20.0 Å². The fourth-order valence-corrected chi connectivity index (χ4v) is 3.01. The van der Waals surface area contributed by atoms with Crippen LogP contribution in [0.25, 0.3) is 0 Å². The van der Waals surface area contributed by atoms with E-state index in [2.05, 4.69) is 31.0 Å². The molecular weight excluding hydrogens is 228 g/mol. The minimum Gasteiger partial charge on any atom is -0.468 e. The van der Waals surface area contributed by atoms with Crippen molar-refractivity contribution < 1.29 is 9.53 Å². The van der Waals surface area contributed by atoms with Crippen molar-refractivity contribution >= 4 is 5.97 Å². The first-order chi connectivity index (χ1) is 8.52. The molecule has 1 heterocycles. The standard InChI is InChI=1S/C14H26N2O2/c1-9(2)13(14(17)18-4)15-11-7-10(3)16(8-11)12-5-6-12/h9-13,15H,5-8H2,1-4H3. The highest BCUT2D eigenvalue weighted by Gasteiger charge is 2.40. The van der Waals surface area contributed by atoms with Gasteiger partial charge in [-0.3, -0.25) is 9.69 Å². The SMILES string of the molecule is COC(=O)C(NC1CC(C)N(C2CC2)C1)C(C)C. The second-order valence-electron chi connectivity index (χ2n) is 6.12. The minimum absolute atomic E-state index is 0.137. The van der Waals surface area contributed by atoms with Gasteiger partial charge in [-0.25, -0.2) is 0 Å². The zero-order valence-corrected chi connectivity index (χ0v) is 12.0. The van der Waals surface area contributed by atoms with E-state index in [0.717, 1.165) is 19.0 Å². The molecule has 18 heavy (non-hydrogen) atoms. The Morgan fingerprint density at radius 3 is 2.56 bits per heavy atom. The van der Waals surface area contributed by atoms with Gasteiger partial charge in [-0.1, -0.05) is 13.8 Å². The molecule has 0 aromatic rings. The Morgan fingerprint density at radius 1 is 1.39 bits per heavy atom. The summed E-state index contributed by atoms with van der Waals surface area (Å²) in [6.07, 6.45) is 3.83. The molecular formula is C14H26N2O2. The lowest BCUT2D eigenvalue weighted by Gasteiger charge is -2.24. The molecule has 4 heteroatoms. The number of esters is 1. The maximum Gasteiger partial charge on any atom is 0.323 e. The summed E-state index contributed by atoms with van der Waals surface area (Å²) in [5.74, 6) is 0.130. The van der Waals surface area contributed by atoms with Gasteiger partial charge in [-0.15, -0.1) is 0 Å². The van der Waals surface area contributed by atoms with Crippen molar-refractivity contribution in [2.45, 2.75) is 64.2 Å². The molecule has 0 bridgehead atoms. The highest BCUT2D eigenvalue weighted by Crippen LogP contribution is 2.33. The number of hydrogen-bond donors (Lipinski definition) is 1. The van der Waals surface area contributed by atoms with Crippen molar-refractivity contribution in [2.24, 2.45) is 5.92 Å². The van der Waals surface area contributed by atoms with E-state index in [1.807, 2.05) is 0 Å². The summed E-state index contributed by atoms with van der Waals surface area (Å²) in [6.45, 7) is 7.49. The topological polar surface area (TPSA) is 41.6 Å². The number of carbonyl (C=O) groups excluding carboxylic acids is 1. The molecule has 2 rings (SSSR count). The molecule has 2 aliphatic rings. The highest BCUT2D eigenvalue weighted by molar-refractivity contribution is 5.76. The maximum atomic E-state index is 11.8. The molecule has 0 amide bonds. The molecule has 3 unspecified atom stereocenters. The lowest BCUT2D eigenvalue weighted by Crippen LogP contribution is -2.48. The van der Waals surface area contributed by atoms with E-state index in [1.54, 1.807) is 0 Å². The van der Waals surface area contributed by atoms with Crippen molar-refractivity contribution in [3.8, 4) is 0 Å². The Morgan fingerprint density at radius 2 is 2.06 bits per heavy atom. The number of nitrogens with zero attached hydrogens (tertiary/aromatic N) is 1. The Balaban J connectivity index is 1.90. The summed E-state index contributed by atoms with van der Waals surface area (Å²) in [6, 6.07) is 1.70. The molecule has 1 saturated heterocycles. The van der Waals surface area contributed by atoms with E-state index in [4.69, 9.17) is 4.74 Å². The third-order valence-corrected chi connectivity index (χ3v) is 4.18. The second-order valence-corrected chi connectivity index (χ2v) is 6.12. The van der Waals surface area contributed by atoms with Gasteiger partial charge in [0.15, 0.2) is 0 Å². The summed E-state index contributed by atoms with van der Waals surface area (Å²) in [5, 5.41) is 3.49. The molecule has 4 nitrogen and oxygen atoms in total. The van der Waals surface area contributed by atoms with Gasteiger partial charge in [-0.05, 0) is 32.1 Å². The van der Waals surface area contributed by atoms with E-state index in [0.29, 0.717) is 12.1 Å². The van der Waals surface area contributed by atoms with Crippen LogP contribution in [-0.4, -0.2) is 48.7 Å². The van der Waals surface area contributed by atoms with E-state index in [9.17, 15) is 4.79 Å². The predicted octanol–water partition coefficient (Wildman–Crippen LogP) is 1.40.